The molecule has 26 heavy (non-hydrogen) atoms. The van der Waals surface area contributed by atoms with Crippen molar-refractivity contribution in [2.45, 2.75) is 38.3 Å². The average Bonchev–Trinajstić information content (AvgIpc) is 3.15. The number of anilines is 1. The lowest BCUT2D eigenvalue weighted by Crippen LogP contribution is -2.42. The zero-order chi connectivity index (χ0) is 18.1. The molecule has 0 saturated carbocycles. The van der Waals surface area contributed by atoms with E-state index >= 15 is 0 Å². The number of aryl methyl sites for hydroxylation is 1. The van der Waals surface area contributed by atoms with Crippen LogP contribution in [0.4, 0.5) is 10.1 Å². The number of halogens is 1. The van der Waals surface area contributed by atoms with E-state index in [0.29, 0.717) is 11.4 Å². The number of nitrogens with zero attached hydrogens (tertiary/aromatic N) is 2. The predicted octanol–water partition coefficient (Wildman–Crippen LogP) is 4.09. The van der Waals surface area contributed by atoms with Crippen LogP contribution in [0.2, 0.25) is 0 Å². The normalized spacial score (nSPS) is 22.2. The van der Waals surface area contributed by atoms with Crippen LogP contribution >= 0.6 is 11.8 Å². The highest BCUT2D eigenvalue weighted by Crippen LogP contribution is 2.34. The molecule has 0 radical (unpaired) electrons. The molecule has 6 heteroatoms. The zero-order valence-corrected chi connectivity index (χ0v) is 15.5. The Balaban J connectivity index is 1.68. The first kappa shape index (κ1) is 17.3. The summed E-state index contributed by atoms with van der Waals surface area (Å²) in [6, 6.07) is 8.19. The van der Waals surface area contributed by atoms with Crippen molar-refractivity contribution in [1.29, 1.82) is 0 Å². The fourth-order valence-corrected chi connectivity index (χ4v) is 4.66. The van der Waals surface area contributed by atoms with Gasteiger partial charge in [0.1, 0.15) is 17.5 Å². The summed E-state index contributed by atoms with van der Waals surface area (Å²) < 4.78 is 19.6. The van der Waals surface area contributed by atoms with Crippen LogP contribution in [-0.2, 0) is 6.42 Å². The lowest BCUT2D eigenvalue weighted by Gasteiger charge is -2.35. The molecular formula is C20H21FN2O2S. The summed E-state index contributed by atoms with van der Waals surface area (Å²) in [6.45, 7) is 2.02. The van der Waals surface area contributed by atoms with Crippen LogP contribution in [-0.4, -0.2) is 34.5 Å². The molecule has 0 aliphatic carbocycles. The highest BCUT2D eigenvalue weighted by molar-refractivity contribution is 7.99. The summed E-state index contributed by atoms with van der Waals surface area (Å²) in [5.41, 5.74) is 2.12. The van der Waals surface area contributed by atoms with E-state index in [2.05, 4.69) is 4.98 Å². The minimum Gasteiger partial charge on any atom is -0.473 e. The monoisotopic (exact) mass is 372 g/mol. The maximum Gasteiger partial charge on any atom is 0.264 e. The van der Waals surface area contributed by atoms with Gasteiger partial charge in [0.2, 0.25) is 5.88 Å². The third-order valence-corrected chi connectivity index (χ3v) is 6.09. The Labute approximate surface area is 156 Å². The highest BCUT2D eigenvalue weighted by Gasteiger charge is 2.31. The number of hydrogen-bond donors (Lipinski definition) is 0. The van der Waals surface area contributed by atoms with Gasteiger partial charge in [-0.3, -0.25) is 4.79 Å². The van der Waals surface area contributed by atoms with E-state index in [1.807, 2.05) is 18.7 Å². The number of rotatable bonds is 3. The molecule has 1 aromatic heterocycles. The lowest BCUT2D eigenvalue weighted by atomic mass is 9.95. The average molecular weight is 372 g/mol. The van der Waals surface area contributed by atoms with Crippen molar-refractivity contribution in [3.63, 3.8) is 0 Å². The van der Waals surface area contributed by atoms with E-state index < -0.39 is 0 Å². The van der Waals surface area contributed by atoms with Crippen molar-refractivity contribution >= 4 is 23.4 Å². The number of carbonyl (C=O) groups is 1. The fourth-order valence-electron chi connectivity index (χ4n) is 3.57. The minimum atomic E-state index is -0.269. The molecule has 2 unspecified atom stereocenters. The molecule has 3 heterocycles. The van der Waals surface area contributed by atoms with Gasteiger partial charge in [0.05, 0.1) is 0 Å². The van der Waals surface area contributed by atoms with Gasteiger partial charge >= 0.3 is 0 Å². The van der Waals surface area contributed by atoms with Crippen LogP contribution in [0.5, 0.6) is 5.88 Å². The summed E-state index contributed by atoms with van der Waals surface area (Å²) in [5, 5.41) is 0. The van der Waals surface area contributed by atoms with Crippen molar-refractivity contribution in [2.75, 3.05) is 16.4 Å². The largest absolute Gasteiger partial charge is 0.473 e. The Bertz CT molecular complexity index is 823. The summed E-state index contributed by atoms with van der Waals surface area (Å²) in [6.07, 6.45) is 4.29. The van der Waals surface area contributed by atoms with E-state index in [1.54, 1.807) is 29.3 Å². The quantitative estimate of drug-likeness (QED) is 0.814. The van der Waals surface area contributed by atoms with Gasteiger partial charge in [-0.2, -0.15) is 11.8 Å². The predicted molar refractivity (Wildman–Crippen MR) is 102 cm³/mol. The molecule has 1 saturated heterocycles. The van der Waals surface area contributed by atoms with Crippen LogP contribution < -0.4 is 9.64 Å². The molecule has 2 aliphatic rings. The standard InChI is InChI=1S/C20H21FN2O2S/c1-13-4-5-14-11-15(21)6-7-18(14)23(13)20(24)17-3-2-9-22-19(17)25-16-8-10-26-12-16/h2-3,6-7,9,11,13,16H,4-5,8,10,12H2,1H3. The molecule has 1 aromatic carbocycles. The Hall–Kier alpha value is -2.08. The maximum absolute atomic E-state index is 13.6. The second kappa shape index (κ2) is 7.27. The number of benzene rings is 1. The number of amides is 1. The molecule has 0 N–H and O–H groups in total. The van der Waals surface area contributed by atoms with Gasteiger partial charge in [0.25, 0.3) is 5.91 Å². The van der Waals surface area contributed by atoms with Crippen molar-refractivity contribution < 1.29 is 13.9 Å². The van der Waals surface area contributed by atoms with Crippen molar-refractivity contribution in [3.8, 4) is 5.88 Å². The van der Waals surface area contributed by atoms with Crippen LogP contribution in [0.1, 0.15) is 35.7 Å². The van der Waals surface area contributed by atoms with Gasteiger partial charge in [0.15, 0.2) is 0 Å². The fraction of sp³-hybridized carbons (Fsp3) is 0.400. The van der Waals surface area contributed by atoms with E-state index in [1.165, 1.54) is 12.1 Å². The summed E-state index contributed by atoms with van der Waals surface area (Å²) >= 11 is 1.85. The topological polar surface area (TPSA) is 42.4 Å². The summed E-state index contributed by atoms with van der Waals surface area (Å²) in [5.74, 6) is 1.98. The molecule has 0 bridgehead atoms. The first-order valence-electron chi connectivity index (χ1n) is 8.95. The second-order valence-corrected chi connectivity index (χ2v) is 7.95. The summed E-state index contributed by atoms with van der Waals surface area (Å²) in [7, 11) is 0. The van der Waals surface area contributed by atoms with Gasteiger partial charge in [0, 0.05) is 23.7 Å². The van der Waals surface area contributed by atoms with Crippen LogP contribution in [0.15, 0.2) is 36.5 Å². The zero-order valence-electron chi connectivity index (χ0n) is 14.7. The number of thioether (sulfide) groups is 1. The van der Waals surface area contributed by atoms with Crippen molar-refractivity contribution in [3.05, 3.63) is 53.5 Å². The van der Waals surface area contributed by atoms with E-state index in [0.717, 1.165) is 42.0 Å². The minimum absolute atomic E-state index is 0.0375. The van der Waals surface area contributed by atoms with E-state index in [9.17, 15) is 9.18 Å². The number of carbonyl (C=O) groups excluding carboxylic acids is 1. The smallest absolute Gasteiger partial charge is 0.264 e. The third-order valence-electron chi connectivity index (χ3n) is 4.96. The van der Waals surface area contributed by atoms with Crippen LogP contribution in [0.25, 0.3) is 0 Å². The molecule has 2 aromatic rings. The molecule has 0 spiro atoms. The third kappa shape index (κ3) is 3.30. The van der Waals surface area contributed by atoms with Gasteiger partial charge in [-0.25, -0.2) is 9.37 Å². The van der Waals surface area contributed by atoms with Crippen LogP contribution in [0.3, 0.4) is 0 Å². The van der Waals surface area contributed by atoms with E-state index in [4.69, 9.17) is 4.74 Å². The van der Waals surface area contributed by atoms with Crippen molar-refractivity contribution in [1.82, 2.24) is 4.98 Å². The maximum atomic E-state index is 13.6. The van der Waals surface area contributed by atoms with Crippen molar-refractivity contribution in [2.24, 2.45) is 0 Å². The number of ether oxygens (including phenoxy) is 1. The van der Waals surface area contributed by atoms with Gasteiger partial charge in [-0.05, 0) is 67.8 Å². The number of pyridine rings is 1. The Morgan fingerprint density at radius 1 is 1.35 bits per heavy atom. The van der Waals surface area contributed by atoms with Gasteiger partial charge in [-0.1, -0.05) is 0 Å². The highest BCUT2D eigenvalue weighted by atomic mass is 32.2. The first-order chi connectivity index (χ1) is 12.6. The Morgan fingerprint density at radius 3 is 3.04 bits per heavy atom. The van der Waals surface area contributed by atoms with Gasteiger partial charge < -0.3 is 9.64 Å². The lowest BCUT2D eigenvalue weighted by molar-refractivity contribution is 0.0967. The summed E-state index contributed by atoms with van der Waals surface area (Å²) in [4.78, 5) is 19.4. The molecule has 4 rings (SSSR count). The molecule has 4 nitrogen and oxygen atoms in total. The SMILES string of the molecule is CC1CCc2cc(F)ccc2N1C(=O)c1cccnc1OC1CCSC1. The first-order valence-corrected chi connectivity index (χ1v) is 10.1. The molecule has 2 aliphatic heterocycles. The van der Waals surface area contributed by atoms with E-state index in [-0.39, 0.29) is 23.9 Å². The number of hydrogen-bond acceptors (Lipinski definition) is 4. The molecular weight excluding hydrogens is 351 g/mol. The molecule has 1 amide bonds. The molecule has 1 fully saturated rings. The number of fused-ring (bicyclic) bond motifs is 1. The number of aromatic nitrogens is 1. The Kier molecular flexibility index (Phi) is 4.85. The van der Waals surface area contributed by atoms with Gasteiger partial charge in [-0.15, -0.1) is 0 Å². The second-order valence-electron chi connectivity index (χ2n) is 6.80. The molecule has 2 atom stereocenters. The Morgan fingerprint density at radius 2 is 2.23 bits per heavy atom. The molecule has 136 valence electrons. The van der Waals surface area contributed by atoms with Crippen LogP contribution in [0, 0.1) is 5.82 Å².